The Morgan fingerprint density at radius 1 is 0.949 bits per heavy atom. The van der Waals surface area contributed by atoms with E-state index in [0.29, 0.717) is 18.9 Å². The molecule has 0 radical (unpaired) electrons. The third-order valence-electron chi connectivity index (χ3n) is 7.01. The zero-order chi connectivity index (χ0) is 27.8. The quantitative estimate of drug-likeness (QED) is 0.335. The first-order chi connectivity index (χ1) is 18.5. The first-order valence-electron chi connectivity index (χ1n) is 13.0. The lowest BCUT2D eigenvalue weighted by atomic mass is 9.92. The van der Waals surface area contributed by atoms with E-state index in [2.05, 4.69) is 31.4 Å². The summed E-state index contributed by atoms with van der Waals surface area (Å²) in [4.78, 5) is 15.1. The molecule has 204 valence electrons. The Morgan fingerprint density at radius 2 is 1.62 bits per heavy atom. The second-order valence-electron chi connectivity index (χ2n) is 10.9. The monoisotopic (exact) mass is 546 g/mol. The highest BCUT2D eigenvalue weighted by atomic mass is 32.2. The molecule has 39 heavy (non-hydrogen) atoms. The van der Waals surface area contributed by atoms with E-state index >= 15 is 0 Å². The van der Waals surface area contributed by atoms with Crippen molar-refractivity contribution < 1.29 is 13.2 Å². The molecule has 4 aromatic rings. The number of nitrogens with one attached hydrogen (secondary N) is 2. The average Bonchev–Trinajstić information content (AvgIpc) is 3.33. The van der Waals surface area contributed by atoms with E-state index in [1.165, 1.54) is 0 Å². The number of aromatic nitrogens is 2. The largest absolute Gasteiger partial charge is 0.324 e. The van der Waals surface area contributed by atoms with Crippen molar-refractivity contribution in [1.29, 1.82) is 0 Å². The summed E-state index contributed by atoms with van der Waals surface area (Å²) in [7, 11) is -2.98. The summed E-state index contributed by atoms with van der Waals surface area (Å²) in [6.45, 7) is 7.04. The number of carbonyl (C=O) groups excluding carboxylic acids is 1. The molecule has 2 heterocycles. The van der Waals surface area contributed by atoms with Gasteiger partial charge in [0, 0.05) is 30.0 Å². The summed E-state index contributed by atoms with van der Waals surface area (Å²) in [5, 5.41) is 12.7. The summed E-state index contributed by atoms with van der Waals surface area (Å²) < 4.78 is 25.3. The normalized spacial score (nSPS) is 16.6. The Kier molecular flexibility index (Phi) is 7.19. The number of rotatable bonds is 5. The van der Waals surface area contributed by atoms with Crippen molar-refractivity contribution >= 4 is 38.1 Å². The molecule has 4 N–H and O–H groups in total. The van der Waals surface area contributed by atoms with E-state index < -0.39 is 16.0 Å². The van der Waals surface area contributed by atoms with Gasteiger partial charge in [0.1, 0.15) is 5.82 Å². The minimum absolute atomic E-state index is 0.123. The van der Waals surface area contributed by atoms with Gasteiger partial charge in [0.25, 0.3) is 0 Å². The molecule has 2 amide bonds. The predicted molar refractivity (Wildman–Crippen MR) is 156 cm³/mol. The molecule has 0 spiro atoms. The lowest BCUT2D eigenvalue weighted by molar-refractivity contribution is 0.219. The van der Waals surface area contributed by atoms with E-state index in [1.54, 1.807) is 4.68 Å². The van der Waals surface area contributed by atoms with Gasteiger partial charge >= 0.3 is 6.03 Å². The van der Waals surface area contributed by atoms with Gasteiger partial charge in [-0.05, 0) is 29.1 Å². The maximum atomic E-state index is 13.1. The van der Waals surface area contributed by atoms with Crippen LogP contribution < -0.4 is 16.4 Å². The predicted octanol–water partition coefficient (Wildman–Crippen LogP) is 4.65. The van der Waals surface area contributed by atoms with Crippen molar-refractivity contribution in [1.82, 2.24) is 14.7 Å². The van der Waals surface area contributed by atoms with E-state index in [4.69, 9.17) is 10.8 Å². The molecule has 9 nitrogen and oxygen atoms in total. The molecule has 1 fully saturated rings. The summed E-state index contributed by atoms with van der Waals surface area (Å²) in [6, 6.07) is 22.8. The van der Waals surface area contributed by atoms with Crippen LogP contribution in [-0.4, -0.2) is 53.7 Å². The molecule has 1 unspecified atom stereocenters. The zero-order valence-electron chi connectivity index (χ0n) is 22.4. The van der Waals surface area contributed by atoms with E-state index in [-0.39, 0.29) is 23.0 Å². The number of nitrogens with zero attached hydrogens (tertiary/aromatic N) is 3. The van der Waals surface area contributed by atoms with Crippen molar-refractivity contribution in [3.05, 3.63) is 84.1 Å². The van der Waals surface area contributed by atoms with Crippen LogP contribution in [0.15, 0.2) is 72.8 Å². The maximum Gasteiger partial charge on any atom is 0.324 e. The van der Waals surface area contributed by atoms with Gasteiger partial charge in [-0.3, -0.25) is 10.2 Å². The number of anilines is 2. The maximum absolute atomic E-state index is 13.1. The number of nitrogens with two attached hydrogens (primary N) is 1. The van der Waals surface area contributed by atoms with Gasteiger partial charge in [-0.25, -0.2) is 17.9 Å². The first kappa shape index (κ1) is 26.9. The lowest BCUT2D eigenvalue weighted by Gasteiger charge is -2.32. The fraction of sp³-hybridized carbons (Fsp3) is 0.310. The van der Waals surface area contributed by atoms with Crippen LogP contribution in [0.3, 0.4) is 0 Å². The van der Waals surface area contributed by atoms with E-state index in [1.807, 2.05) is 77.7 Å². The van der Waals surface area contributed by atoms with Gasteiger partial charge in [0.05, 0.1) is 34.7 Å². The van der Waals surface area contributed by atoms with Gasteiger partial charge in [0.2, 0.25) is 0 Å². The van der Waals surface area contributed by atoms with Crippen molar-refractivity contribution in [2.45, 2.75) is 32.4 Å². The molecule has 1 saturated heterocycles. The number of fused-ring (bicyclic) bond motifs is 1. The molecule has 1 atom stereocenters. The fourth-order valence-electron chi connectivity index (χ4n) is 4.67. The number of benzene rings is 3. The molecule has 10 heteroatoms. The fourth-order valence-corrected chi connectivity index (χ4v) is 5.90. The van der Waals surface area contributed by atoms with Crippen LogP contribution in [0.25, 0.3) is 16.5 Å². The van der Waals surface area contributed by atoms with Crippen molar-refractivity contribution in [3.8, 4) is 5.69 Å². The SMILES string of the molecule is CC(C)(C)c1cc(NC(=O)Nc2cccc3ccccc23)n(-c2ccc(C(N)N3CCS(=O)(=O)CC3)cc2)n1. The molecule has 0 bridgehead atoms. The summed E-state index contributed by atoms with van der Waals surface area (Å²) in [5.41, 5.74) is 9.43. The van der Waals surface area contributed by atoms with Crippen LogP contribution in [0.4, 0.5) is 16.3 Å². The van der Waals surface area contributed by atoms with Gasteiger partial charge in [-0.1, -0.05) is 69.3 Å². The minimum Gasteiger partial charge on any atom is -0.312 e. The van der Waals surface area contributed by atoms with Gasteiger partial charge in [-0.2, -0.15) is 5.10 Å². The molecule has 3 aromatic carbocycles. The molecule has 0 aliphatic carbocycles. The number of hydrogen-bond donors (Lipinski definition) is 3. The van der Waals surface area contributed by atoms with Crippen LogP contribution in [0.1, 0.15) is 38.2 Å². The topological polar surface area (TPSA) is 122 Å². The lowest BCUT2D eigenvalue weighted by Crippen LogP contribution is -2.45. The van der Waals surface area contributed by atoms with Crippen molar-refractivity contribution in [3.63, 3.8) is 0 Å². The molecule has 1 aliphatic heterocycles. The number of carbonyl (C=O) groups is 1. The van der Waals surface area contributed by atoms with Crippen LogP contribution in [0.2, 0.25) is 0 Å². The van der Waals surface area contributed by atoms with E-state index in [9.17, 15) is 13.2 Å². The molecular weight excluding hydrogens is 512 g/mol. The van der Waals surface area contributed by atoms with Gasteiger partial charge in [-0.15, -0.1) is 0 Å². The number of sulfone groups is 1. The average molecular weight is 547 g/mol. The minimum atomic E-state index is -2.98. The molecule has 1 aliphatic rings. The number of urea groups is 1. The number of hydrogen-bond acceptors (Lipinski definition) is 6. The third kappa shape index (κ3) is 5.98. The molecule has 0 saturated carbocycles. The van der Waals surface area contributed by atoms with E-state index in [0.717, 1.165) is 33.4 Å². The Labute approximate surface area is 228 Å². The van der Waals surface area contributed by atoms with Crippen molar-refractivity contribution in [2.24, 2.45) is 5.73 Å². The highest BCUT2D eigenvalue weighted by Gasteiger charge is 2.26. The standard InChI is InChI=1S/C29H34N6O3S/c1-29(2,3)25-19-26(32-28(36)31-24-10-6-8-20-7-4-5-9-23(20)24)35(33-25)22-13-11-21(12-14-22)27(30)34-15-17-39(37,38)18-16-34/h4-14,19,27H,15-18,30H2,1-3H3,(H2,31,32,36). The summed E-state index contributed by atoms with van der Waals surface area (Å²) in [6.07, 6.45) is -0.402. The van der Waals surface area contributed by atoms with Gasteiger partial charge < -0.3 is 11.1 Å². The second kappa shape index (κ2) is 10.4. The van der Waals surface area contributed by atoms with Crippen LogP contribution >= 0.6 is 0 Å². The first-order valence-corrected chi connectivity index (χ1v) is 14.8. The number of amides is 2. The third-order valence-corrected chi connectivity index (χ3v) is 8.62. The zero-order valence-corrected chi connectivity index (χ0v) is 23.2. The Balaban J connectivity index is 1.38. The Bertz CT molecular complexity index is 1590. The molecule has 1 aromatic heterocycles. The second-order valence-corrected chi connectivity index (χ2v) is 13.2. The molecule has 5 rings (SSSR count). The van der Waals surface area contributed by atoms with Gasteiger partial charge in [0.15, 0.2) is 9.84 Å². The smallest absolute Gasteiger partial charge is 0.312 e. The van der Waals surface area contributed by atoms with Crippen LogP contribution in [0.5, 0.6) is 0 Å². The Hall–Kier alpha value is -3.73. The van der Waals surface area contributed by atoms with Crippen LogP contribution in [-0.2, 0) is 15.3 Å². The molecular formula is C29H34N6O3S. The summed E-state index contributed by atoms with van der Waals surface area (Å²) in [5.74, 6) is 0.783. The van der Waals surface area contributed by atoms with Crippen LogP contribution in [0, 0.1) is 0 Å². The van der Waals surface area contributed by atoms with Crippen molar-refractivity contribution in [2.75, 3.05) is 35.2 Å². The Morgan fingerprint density at radius 3 is 2.31 bits per heavy atom. The highest BCUT2D eigenvalue weighted by molar-refractivity contribution is 7.91. The highest BCUT2D eigenvalue weighted by Crippen LogP contribution is 2.28. The summed E-state index contributed by atoms with van der Waals surface area (Å²) >= 11 is 0.